The van der Waals surface area contributed by atoms with Gasteiger partial charge in [0.2, 0.25) is 0 Å². The van der Waals surface area contributed by atoms with Gasteiger partial charge in [-0.15, -0.1) is 0 Å². The van der Waals surface area contributed by atoms with E-state index in [0.717, 1.165) is 0 Å². The van der Waals surface area contributed by atoms with Crippen LogP contribution in [0.3, 0.4) is 0 Å². The van der Waals surface area contributed by atoms with Crippen molar-refractivity contribution in [3.8, 4) is 0 Å². The summed E-state index contributed by atoms with van der Waals surface area (Å²) in [7, 11) is 0.306. The fraction of sp³-hybridized carbons (Fsp3) is 0. The topological polar surface area (TPSA) is 51.7 Å². The van der Waals surface area contributed by atoms with Gasteiger partial charge < -0.3 is 13.1 Å². The number of rotatable bonds is 0. The molecular weight excluding hydrogens is 100 g/mol. The van der Waals surface area contributed by atoms with Gasteiger partial charge in [0.05, 0.1) is 0 Å². The molecule has 4 heavy (non-hydrogen) atoms. The molecule has 0 heterocycles. The van der Waals surface area contributed by atoms with Crippen molar-refractivity contribution < 1.29 is 13.1 Å². The third kappa shape index (κ3) is 10.0. The van der Waals surface area contributed by atoms with Crippen LogP contribution in [0.1, 0.15) is 2.85 Å². The summed E-state index contributed by atoms with van der Waals surface area (Å²) in [5.41, 5.74) is 0. The monoisotopic (exact) mass is 108 g/mol. The summed E-state index contributed by atoms with van der Waals surface area (Å²) in [6, 6.07) is 0. The van der Waals surface area contributed by atoms with Crippen molar-refractivity contribution in [1.29, 1.82) is 0 Å². The van der Waals surface area contributed by atoms with Gasteiger partial charge in [-0.3, -0.25) is 0 Å². The molecule has 0 unspecified atom stereocenters. The molecule has 0 rings (SSSR count). The Morgan fingerprint density at radius 2 is 1.50 bits per heavy atom. The molecule has 0 atom stereocenters. The van der Waals surface area contributed by atoms with Crippen LogP contribution in [0, 0.1) is 0 Å². The molecule has 0 aliphatic heterocycles. The maximum Gasteiger partial charge on any atom is 2.00 e. The zero-order valence-electron chi connectivity index (χ0n) is 4.65. The average molecular weight is 108 g/mol. The molecule has 0 saturated carbocycles. The Kier molecular flexibility index (Phi) is 118. The van der Waals surface area contributed by atoms with Gasteiger partial charge >= 0.3 is 37.7 Å². The van der Waals surface area contributed by atoms with Crippen molar-refractivity contribution in [2.45, 2.75) is 0 Å². The van der Waals surface area contributed by atoms with E-state index in [1.165, 1.54) is 0 Å². The van der Waals surface area contributed by atoms with Crippen LogP contribution >= 0.6 is 0 Å². The van der Waals surface area contributed by atoms with Crippen molar-refractivity contribution in [2.24, 2.45) is 0 Å². The van der Waals surface area contributed by atoms with E-state index >= 15 is 0 Å². The van der Waals surface area contributed by atoms with Crippen LogP contribution in [-0.4, -0.2) is 58.5 Å². The molecule has 0 aromatic heterocycles. The molecule has 0 radical (unpaired) electrons. The molecule has 0 spiro atoms. The summed E-state index contributed by atoms with van der Waals surface area (Å²) in [4.78, 5) is 7.14. The first-order chi connectivity index (χ1) is 1.00. The third-order valence-electron chi connectivity index (χ3n) is 0. The summed E-state index contributed by atoms with van der Waals surface area (Å²) < 4.78 is 0. The molecule has 26 valence electrons. The molecule has 0 bridgehead atoms. The molecular formula is H8CaO2Si. The van der Waals surface area contributed by atoms with Gasteiger partial charge in [0, 0.05) is 0 Å². The van der Waals surface area contributed by atoms with E-state index in [2.05, 4.69) is 0 Å². The van der Waals surface area contributed by atoms with Gasteiger partial charge in [0.25, 0.3) is 0 Å². The first-order valence-electron chi connectivity index (χ1n) is 0.447. The van der Waals surface area contributed by atoms with Crippen LogP contribution in [0.2, 0.25) is 0 Å². The van der Waals surface area contributed by atoms with Crippen LogP contribution in [-0.2, 0) is 0 Å². The van der Waals surface area contributed by atoms with Crippen molar-refractivity contribution >= 4 is 48.2 Å². The summed E-state index contributed by atoms with van der Waals surface area (Å²) in [5, 5.41) is 0. The molecule has 0 aromatic rings. The number of hydrogen-bond donors (Lipinski definition) is 1. The Hall–Kier alpha value is 1.40. The SMILES string of the molecule is O.O[SiH3].[Ca+2].[H-].[H-]. The molecule has 0 aliphatic rings. The van der Waals surface area contributed by atoms with E-state index in [9.17, 15) is 0 Å². The van der Waals surface area contributed by atoms with E-state index in [-0.39, 0.29) is 46.1 Å². The molecule has 2 nitrogen and oxygen atoms in total. The van der Waals surface area contributed by atoms with E-state index in [1.807, 2.05) is 0 Å². The molecule has 0 aliphatic carbocycles. The Morgan fingerprint density at radius 1 is 1.50 bits per heavy atom. The van der Waals surface area contributed by atoms with E-state index in [1.54, 1.807) is 0 Å². The first kappa shape index (κ1) is 18.2. The van der Waals surface area contributed by atoms with Crippen LogP contribution in [0.5, 0.6) is 0 Å². The zero-order valence-corrected chi connectivity index (χ0v) is 6.86. The van der Waals surface area contributed by atoms with Gasteiger partial charge in [0.1, 0.15) is 10.5 Å². The number of hydrogen-bond acceptors (Lipinski definition) is 1. The van der Waals surface area contributed by atoms with Crippen molar-refractivity contribution in [1.82, 2.24) is 0 Å². The van der Waals surface area contributed by atoms with Crippen molar-refractivity contribution in [2.75, 3.05) is 0 Å². The second kappa shape index (κ2) is 26.0. The molecule has 0 saturated heterocycles. The zero-order chi connectivity index (χ0) is 2.00. The summed E-state index contributed by atoms with van der Waals surface area (Å²) in [6.45, 7) is 0. The summed E-state index contributed by atoms with van der Waals surface area (Å²) >= 11 is 0. The largest absolute Gasteiger partial charge is 2.00 e. The van der Waals surface area contributed by atoms with Crippen LogP contribution in [0.4, 0.5) is 0 Å². The predicted octanol–water partition coefficient (Wildman–Crippen LogP) is -2.72. The molecule has 0 aromatic carbocycles. The van der Waals surface area contributed by atoms with E-state index < -0.39 is 0 Å². The first-order valence-corrected chi connectivity index (χ1v) is 1.34. The van der Waals surface area contributed by atoms with Crippen LogP contribution in [0.25, 0.3) is 0 Å². The molecule has 0 fully saturated rings. The minimum absolute atomic E-state index is 0. The third-order valence-corrected chi connectivity index (χ3v) is 0. The Morgan fingerprint density at radius 3 is 1.50 bits per heavy atom. The molecule has 3 N–H and O–H groups in total. The Labute approximate surface area is 61.0 Å². The minimum Gasteiger partial charge on any atom is -1.00 e. The van der Waals surface area contributed by atoms with Crippen LogP contribution in [0.15, 0.2) is 0 Å². The molecule has 4 heteroatoms. The van der Waals surface area contributed by atoms with Gasteiger partial charge in [-0.1, -0.05) is 0 Å². The maximum absolute atomic E-state index is 7.14. The van der Waals surface area contributed by atoms with Gasteiger partial charge in [-0.25, -0.2) is 0 Å². The Bertz CT molecular complexity index is 11.5. The maximum atomic E-state index is 7.14. The van der Waals surface area contributed by atoms with Gasteiger partial charge in [0.15, 0.2) is 0 Å². The fourth-order valence-electron chi connectivity index (χ4n) is 0. The van der Waals surface area contributed by atoms with E-state index in [0.29, 0.717) is 10.5 Å². The standard InChI is InChI=1S/Ca.H4OSi.H2O.2H/c;1-2;;;/h;1H,2H3;1H2;;/q+2;;;2*-1. The van der Waals surface area contributed by atoms with Crippen molar-refractivity contribution in [3.05, 3.63) is 0 Å². The Balaban J connectivity index is -0.000000000833. The summed E-state index contributed by atoms with van der Waals surface area (Å²) in [6.07, 6.45) is 0. The summed E-state index contributed by atoms with van der Waals surface area (Å²) in [5.74, 6) is 0. The van der Waals surface area contributed by atoms with Crippen LogP contribution < -0.4 is 0 Å². The fourth-order valence-corrected chi connectivity index (χ4v) is 0. The van der Waals surface area contributed by atoms with E-state index in [4.69, 9.17) is 4.80 Å². The molecule has 0 amide bonds. The second-order valence-electron chi connectivity index (χ2n) is 0. The average Bonchev–Trinajstić information content (AvgIpc) is 1.00. The van der Waals surface area contributed by atoms with Gasteiger partial charge in [-0.2, -0.15) is 0 Å². The second-order valence-corrected chi connectivity index (χ2v) is 0. The normalized spacial score (nSPS) is 2.25. The van der Waals surface area contributed by atoms with Gasteiger partial charge in [-0.05, 0) is 0 Å². The van der Waals surface area contributed by atoms with Crippen molar-refractivity contribution in [3.63, 3.8) is 0 Å². The smallest absolute Gasteiger partial charge is 1.00 e. The predicted molar refractivity (Wildman–Crippen MR) is 23.7 cm³/mol. The quantitative estimate of drug-likeness (QED) is 0.337. The minimum atomic E-state index is 0.